The number of rotatable bonds is 6. The normalized spacial score (nSPS) is 14.5. The van der Waals surface area contributed by atoms with Gasteiger partial charge in [-0.25, -0.2) is 9.69 Å². The van der Waals surface area contributed by atoms with E-state index in [9.17, 15) is 19.2 Å². The van der Waals surface area contributed by atoms with E-state index in [1.807, 2.05) is 26.0 Å². The maximum Gasteiger partial charge on any atom is 0.335 e. The van der Waals surface area contributed by atoms with E-state index in [4.69, 9.17) is 27.9 Å². The standard InChI is InChI=1S/C27H21Cl2N3O5/c1-15-6-5-8-22(16(15)2)30-24(33)14-37-23-9-4-3-7-17(23)12-19-25(34)31-27(36)32(26(19)35)18-10-11-20(28)21(29)13-18/h3-13H,14H2,1-2H3,(H,30,33)(H,31,34,36)/b19-12-. The number of anilines is 2. The second-order valence-corrected chi connectivity index (χ2v) is 8.99. The fraction of sp³-hybridized carbons (Fsp3) is 0.111. The van der Waals surface area contributed by atoms with E-state index in [-0.39, 0.29) is 39.6 Å². The fourth-order valence-electron chi connectivity index (χ4n) is 3.62. The molecule has 1 heterocycles. The maximum atomic E-state index is 13.2. The molecule has 5 amide bonds. The van der Waals surface area contributed by atoms with Crippen molar-refractivity contribution < 1.29 is 23.9 Å². The van der Waals surface area contributed by atoms with Crippen molar-refractivity contribution in [2.45, 2.75) is 13.8 Å². The largest absolute Gasteiger partial charge is 0.483 e. The molecular weight excluding hydrogens is 517 g/mol. The first kappa shape index (κ1) is 25.9. The highest BCUT2D eigenvalue weighted by atomic mass is 35.5. The smallest absolute Gasteiger partial charge is 0.335 e. The van der Waals surface area contributed by atoms with Crippen molar-refractivity contribution in [3.05, 3.63) is 93.0 Å². The Kier molecular flexibility index (Phi) is 7.61. The van der Waals surface area contributed by atoms with E-state index in [0.717, 1.165) is 16.0 Å². The van der Waals surface area contributed by atoms with Crippen molar-refractivity contribution in [1.29, 1.82) is 0 Å². The highest BCUT2D eigenvalue weighted by Gasteiger charge is 2.37. The second kappa shape index (κ2) is 10.9. The van der Waals surface area contributed by atoms with Crippen LogP contribution >= 0.6 is 23.2 Å². The minimum Gasteiger partial charge on any atom is -0.483 e. The molecule has 8 nitrogen and oxygen atoms in total. The molecule has 1 saturated heterocycles. The predicted octanol–water partition coefficient (Wildman–Crippen LogP) is 5.29. The molecule has 0 spiro atoms. The molecule has 1 fully saturated rings. The van der Waals surface area contributed by atoms with Crippen LogP contribution in [0.3, 0.4) is 0 Å². The summed E-state index contributed by atoms with van der Waals surface area (Å²) in [5, 5.41) is 5.34. The van der Waals surface area contributed by atoms with Crippen LogP contribution in [0.2, 0.25) is 10.0 Å². The van der Waals surface area contributed by atoms with Crippen molar-refractivity contribution in [3.63, 3.8) is 0 Å². The molecular formula is C27H21Cl2N3O5. The molecule has 4 rings (SSSR count). The number of aryl methyl sites for hydroxylation is 1. The number of para-hydroxylation sites is 1. The summed E-state index contributed by atoms with van der Waals surface area (Å²) in [6, 6.07) is 15.5. The van der Waals surface area contributed by atoms with Gasteiger partial charge < -0.3 is 10.1 Å². The lowest BCUT2D eigenvalue weighted by molar-refractivity contribution is -0.122. The molecule has 2 N–H and O–H groups in total. The van der Waals surface area contributed by atoms with Crippen LogP contribution in [0.1, 0.15) is 16.7 Å². The summed E-state index contributed by atoms with van der Waals surface area (Å²) >= 11 is 12.0. The van der Waals surface area contributed by atoms with E-state index >= 15 is 0 Å². The molecule has 37 heavy (non-hydrogen) atoms. The Balaban J connectivity index is 1.56. The first-order valence-electron chi connectivity index (χ1n) is 11.1. The van der Waals surface area contributed by atoms with Gasteiger partial charge in [0.15, 0.2) is 6.61 Å². The summed E-state index contributed by atoms with van der Waals surface area (Å²) in [5.41, 5.74) is 2.87. The van der Waals surface area contributed by atoms with Crippen LogP contribution in [0.25, 0.3) is 6.08 Å². The SMILES string of the molecule is Cc1cccc(NC(=O)COc2ccccc2/C=C2/C(=O)NC(=O)N(c3ccc(Cl)c(Cl)c3)C2=O)c1C. The summed E-state index contributed by atoms with van der Waals surface area (Å²) in [5.74, 6) is -1.83. The van der Waals surface area contributed by atoms with Gasteiger partial charge in [0.25, 0.3) is 17.7 Å². The lowest BCUT2D eigenvalue weighted by atomic mass is 10.1. The van der Waals surface area contributed by atoms with Gasteiger partial charge in [-0.1, -0.05) is 53.5 Å². The third-order valence-corrected chi connectivity index (χ3v) is 6.46. The van der Waals surface area contributed by atoms with Crippen LogP contribution in [0.5, 0.6) is 5.75 Å². The Hall–Kier alpha value is -4.14. The van der Waals surface area contributed by atoms with Crippen LogP contribution in [-0.2, 0) is 14.4 Å². The molecule has 0 radical (unpaired) electrons. The third kappa shape index (κ3) is 5.66. The molecule has 0 aliphatic carbocycles. The number of hydrogen-bond donors (Lipinski definition) is 2. The number of nitrogens with zero attached hydrogens (tertiary/aromatic N) is 1. The molecule has 10 heteroatoms. The molecule has 3 aromatic rings. The van der Waals surface area contributed by atoms with E-state index < -0.39 is 17.8 Å². The zero-order valence-electron chi connectivity index (χ0n) is 19.8. The van der Waals surface area contributed by atoms with Crippen LogP contribution in [0, 0.1) is 13.8 Å². The minimum atomic E-state index is -0.918. The zero-order valence-corrected chi connectivity index (χ0v) is 21.3. The van der Waals surface area contributed by atoms with Gasteiger partial charge in [0.2, 0.25) is 0 Å². The molecule has 0 bridgehead atoms. The number of barbiturate groups is 1. The summed E-state index contributed by atoms with van der Waals surface area (Å²) in [6.45, 7) is 3.55. The molecule has 0 aromatic heterocycles. The molecule has 0 atom stereocenters. The molecule has 0 saturated carbocycles. The van der Waals surface area contributed by atoms with Crippen molar-refractivity contribution in [2.75, 3.05) is 16.8 Å². The van der Waals surface area contributed by atoms with E-state index in [1.165, 1.54) is 24.3 Å². The summed E-state index contributed by atoms with van der Waals surface area (Å²) in [7, 11) is 0. The monoisotopic (exact) mass is 537 g/mol. The van der Waals surface area contributed by atoms with Gasteiger partial charge in [0.1, 0.15) is 11.3 Å². The van der Waals surface area contributed by atoms with Crippen LogP contribution in [0.4, 0.5) is 16.2 Å². The Morgan fingerprint density at radius 2 is 1.76 bits per heavy atom. The van der Waals surface area contributed by atoms with Gasteiger partial charge in [-0.2, -0.15) is 0 Å². The van der Waals surface area contributed by atoms with Crippen molar-refractivity contribution >= 4 is 64.4 Å². The number of ether oxygens (including phenoxy) is 1. The van der Waals surface area contributed by atoms with Crippen LogP contribution in [-0.4, -0.2) is 30.4 Å². The Labute approximate surface area is 222 Å². The number of halogens is 2. The maximum absolute atomic E-state index is 13.2. The number of nitrogens with one attached hydrogen (secondary N) is 2. The number of amides is 5. The zero-order chi connectivity index (χ0) is 26.7. The molecule has 0 unspecified atom stereocenters. The summed E-state index contributed by atoms with van der Waals surface area (Å²) in [4.78, 5) is 51.5. The van der Waals surface area contributed by atoms with E-state index in [0.29, 0.717) is 11.3 Å². The van der Waals surface area contributed by atoms with Gasteiger partial charge in [-0.3, -0.25) is 19.7 Å². The van der Waals surface area contributed by atoms with Gasteiger partial charge in [-0.15, -0.1) is 0 Å². The summed E-state index contributed by atoms with van der Waals surface area (Å²) < 4.78 is 5.70. The second-order valence-electron chi connectivity index (χ2n) is 8.18. The summed E-state index contributed by atoms with van der Waals surface area (Å²) in [6.07, 6.45) is 1.30. The van der Waals surface area contributed by atoms with Gasteiger partial charge in [0.05, 0.1) is 15.7 Å². The fourth-order valence-corrected chi connectivity index (χ4v) is 3.91. The quantitative estimate of drug-likeness (QED) is 0.328. The topological polar surface area (TPSA) is 105 Å². The van der Waals surface area contributed by atoms with Crippen molar-refractivity contribution in [3.8, 4) is 5.75 Å². The first-order valence-corrected chi connectivity index (χ1v) is 11.9. The van der Waals surface area contributed by atoms with Gasteiger partial charge >= 0.3 is 6.03 Å². The Bertz CT molecular complexity index is 1470. The van der Waals surface area contributed by atoms with Crippen molar-refractivity contribution in [2.24, 2.45) is 0 Å². The van der Waals surface area contributed by atoms with Gasteiger partial charge in [-0.05, 0) is 61.4 Å². The molecule has 3 aromatic carbocycles. The lowest BCUT2D eigenvalue weighted by Gasteiger charge is -2.26. The average molecular weight is 538 g/mol. The minimum absolute atomic E-state index is 0.139. The lowest BCUT2D eigenvalue weighted by Crippen LogP contribution is -2.54. The number of urea groups is 1. The van der Waals surface area contributed by atoms with Crippen molar-refractivity contribution in [1.82, 2.24) is 5.32 Å². The number of carbonyl (C=O) groups is 4. The molecule has 1 aliphatic heterocycles. The Morgan fingerprint density at radius 3 is 2.51 bits per heavy atom. The predicted molar refractivity (Wildman–Crippen MR) is 142 cm³/mol. The first-order chi connectivity index (χ1) is 17.7. The number of carbonyl (C=O) groups excluding carboxylic acids is 4. The highest BCUT2D eigenvalue weighted by Crippen LogP contribution is 2.30. The van der Waals surface area contributed by atoms with E-state index in [1.54, 1.807) is 30.3 Å². The molecule has 188 valence electrons. The Morgan fingerprint density at radius 1 is 1.00 bits per heavy atom. The number of imide groups is 2. The highest BCUT2D eigenvalue weighted by molar-refractivity contribution is 6.43. The van der Waals surface area contributed by atoms with E-state index in [2.05, 4.69) is 10.6 Å². The number of hydrogen-bond acceptors (Lipinski definition) is 5. The van der Waals surface area contributed by atoms with Gasteiger partial charge in [0, 0.05) is 11.3 Å². The van der Waals surface area contributed by atoms with Crippen LogP contribution < -0.4 is 20.3 Å². The van der Waals surface area contributed by atoms with Crippen LogP contribution in [0.15, 0.2) is 66.2 Å². The third-order valence-electron chi connectivity index (χ3n) is 5.72. The molecule has 1 aliphatic rings. The average Bonchev–Trinajstić information content (AvgIpc) is 2.86. The number of benzene rings is 3.